The molecular formula is C19H18N2O6. The van der Waals surface area contributed by atoms with Crippen molar-refractivity contribution in [2.45, 2.75) is 13.0 Å². The van der Waals surface area contributed by atoms with E-state index in [0.717, 1.165) is 6.08 Å². The molecule has 2 rings (SSSR count). The Balaban J connectivity index is 1.95. The van der Waals surface area contributed by atoms with Gasteiger partial charge in [0.05, 0.1) is 17.7 Å². The Labute approximate surface area is 155 Å². The van der Waals surface area contributed by atoms with Gasteiger partial charge in [0.15, 0.2) is 6.10 Å². The summed E-state index contributed by atoms with van der Waals surface area (Å²) in [6.07, 6.45) is 1.43. The van der Waals surface area contributed by atoms with Gasteiger partial charge in [-0.05, 0) is 30.7 Å². The van der Waals surface area contributed by atoms with Gasteiger partial charge in [0.2, 0.25) is 0 Å². The maximum Gasteiger partial charge on any atom is 0.331 e. The van der Waals surface area contributed by atoms with Gasteiger partial charge in [0.25, 0.3) is 11.6 Å². The number of carbonyl (C=O) groups excluding carboxylic acids is 2. The zero-order valence-electron chi connectivity index (χ0n) is 14.7. The van der Waals surface area contributed by atoms with Crippen LogP contribution in [0.25, 0.3) is 6.08 Å². The summed E-state index contributed by atoms with van der Waals surface area (Å²) in [5, 5.41) is 13.4. The highest BCUT2D eigenvalue weighted by molar-refractivity contribution is 5.97. The number of non-ortho nitro benzene ring substituents is 1. The van der Waals surface area contributed by atoms with Crippen molar-refractivity contribution in [1.82, 2.24) is 0 Å². The third-order valence-electron chi connectivity index (χ3n) is 3.52. The molecule has 0 saturated heterocycles. The molecule has 27 heavy (non-hydrogen) atoms. The molecule has 0 aliphatic rings. The monoisotopic (exact) mass is 370 g/mol. The Hall–Kier alpha value is -3.68. The number of nitrogens with one attached hydrogen (secondary N) is 1. The lowest BCUT2D eigenvalue weighted by atomic mass is 10.2. The number of methoxy groups -OCH3 is 1. The van der Waals surface area contributed by atoms with E-state index in [1.54, 1.807) is 30.3 Å². The molecule has 0 radical (unpaired) electrons. The molecule has 2 aromatic carbocycles. The summed E-state index contributed by atoms with van der Waals surface area (Å²) in [4.78, 5) is 34.3. The van der Waals surface area contributed by atoms with Crippen molar-refractivity contribution in [2.24, 2.45) is 0 Å². The quantitative estimate of drug-likeness (QED) is 0.347. The number of nitro benzene ring substituents is 1. The molecule has 1 amide bonds. The summed E-state index contributed by atoms with van der Waals surface area (Å²) in [5.41, 5.74) is 0.836. The van der Waals surface area contributed by atoms with Crippen LogP contribution in [0.5, 0.6) is 5.75 Å². The van der Waals surface area contributed by atoms with Crippen molar-refractivity contribution in [3.63, 3.8) is 0 Å². The molecule has 8 heteroatoms. The fraction of sp³-hybridized carbons (Fsp3) is 0.158. The molecular weight excluding hydrogens is 352 g/mol. The van der Waals surface area contributed by atoms with Crippen LogP contribution in [0.15, 0.2) is 54.6 Å². The van der Waals surface area contributed by atoms with E-state index in [4.69, 9.17) is 9.47 Å². The van der Waals surface area contributed by atoms with Crippen LogP contribution >= 0.6 is 0 Å². The fourth-order valence-corrected chi connectivity index (χ4v) is 2.16. The Morgan fingerprint density at radius 2 is 1.93 bits per heavy atom. The van der Waals surface area contributed by atoms with E-state index in [2.05, 4.69) is 5.32 Å². The third-order valence-corrected chi connectivity index (χ3v) is 3.52. The number of ether oxygens (including phenoxy) is 2. The maximum absolute atomic E-state index is 12.2. The minimum atomic E-state index is -1.04. The van der Waals surface area contributed by atoms with Gasteiger partial charge in [-0.15, -0.1) is 0 Å². The molecule has 0 saturated carbocycles. The average Bonchev–Trinajstić information content (AvgIpc) is 2.67. The molecule has 2 aromatic rings. The van der Waals surface area contributed by atoms with Crippen molar-refractivity contribution < 1.29 is 24.0 Å². The Morgan fingerprint density at radius 3 is 2.63 bits per heavy atom. The first-order valence-corrected chi connectivity index (χ1v) is 7.97. The molecule has 0 aromatic heterocycles. The van der Waals surface area contributed by atoms with E-state index in [-0.39, 0.29) is 5.69 Å². The summed E-state index contributed by atoms with van der Waals surface area (Å²) >= 11 is 0. The number of amides is 1. The van der Waals surface area contributed by atoms with Crippen LogP contribution in [0.3, 0.4) is 0 Å². The minimum Gasteiger partial charge on any atom is -0.495 e. The second-order valence-corrected chi connectivity index (χ2v) is 5.45. The predicted octanol–water partition coefficient (Wildman–Crippen LogP) is 3.19. The first-order chi connectivity index (χ1) is 12.9. The molecule has 0 aliphatic carbocycles. The summed E-state index contributed by atoms with van der Waals surface area (Å²) in [6, 6.07) is 12.6. The van der Waals surface area contributed by atoms with E-state index >= 15 is 0 Å². The number of carbonyl (C=O) groups is 2. The third kappa shape index (κ3) is 5.67. The van der Waals surface area contributed by atoms with Gasteiger partial charge in [0, 0.05) is 18.2 Å². The number of esters is 1. The summed E-state index contributed by atoms with van der Waals surface area (Å²) in [7, 11) is 1.48. The van der Waals surface area contributed by atoms with Crippen LogP contribution in [0.4, 0.5) is 11.4 Å². The molecule has 8 nitrogen and oxygen atoms in total. The van der Waals surface area contributed by atoms with E-state index in [9.17, 15) is 19.7 Å². The van der Waals surface area contributed by atoms with Crippen LogP contribution in [0.2, 0.25) is 0 Å². The number of nitro groups is 1. The van der Waals surface area contributed by atoms with E-state index in [1.807, 2.05) is 0 Å². The Kier molecular flexibility index (Phi) is 6.65. The molecule has 1 N–H and O–H groups in total. The molecule has 0 bridgehead atoms. The number of hydrogen-bond acceptors (Lipinski definition) is 6. The molecule has 1 atom stereocenters. The highest BCUT2D eigenvalue weighted by atomic mass is 16.6. The van der Waals surface area contributed by atoms with Gasteiger partial charge in [-0.1, -0.05) is 24.3 Å². The van der Waals surface area contributed by atoms with Crippen LogP contribution in [-0.2, 0) is 14.3 Å². The normalized spacial score (nSPS) is 11.6. The molecule has 0 heterocycles. The Morgan fingerprint density at radius 1 is 1.19 bits per heavy atom. The van der Waals surface area contributed by atoms with Crippen LogP contribution in [0, 0.1) is 10.1 Å². The van der Waals surface area contributed by atoms with Gasteiger partial charge in [-0.2, -0.15) is 0 Å². The molecule has 140 valence electrons. The highest BCUT2D eigenvalue weighted by Crippen LogP contribution is 2.23. The molecule has 0 aliphatic heterocycles. The average molecular weight is 370 g/mol. The van der Waals surface area contributed by atoms with Crippen LogP contribution in [0.1, 0.15) is 12.5 Å². The SMILES string of the molecule is COc1ccccc1NC(=O)[C@H](C)OC(=O)/C=C/c1cccc([N+](=O)[O-])c1. The van der Waals surface area contributed by atoms with Gasteiger partial charge in [-0.25, -0.2) is 4.79 Å². The lowest BCUT2D eigenvalue weighted by Gasteiger charge is -2.14. The van der Waals surface area contributed by atoms with E-state index in [1.165, 1.54) is 38.3 Å². The lowest BCUT2D eigenvalue weighted by Crippen LogP contribution is -2.29. The topological polar surface area (TPSA) is 108 Å². The second-order valence-electron chi connectivity index (χ2n) is 5.45. The molecule has 0 spiro atoms. The summed E-state index contributed by atoms with van der Waals surface area (Å²) < 4.78 is 10.2. The minimum absolute atomic E-state index is 0.0879. The first kappa shape index (κ1) is 19.6. The zero-order chi connectivity index (χ0) is 19.8. The van der Waals surface area contributed by atoms with Crippen molar-refractivity contribution in [1.29, 1.82) is 0 Å². The first-order valence-electron chi connectivity index (χ1n) is 7.97. The van der Waals surface area contributed by atoms with E-state index < -0.39 is 22.9 Å². The number of para-hydroxylation sites is 2. The fourth-order valence-electron chi connectivity index (χ4n) is 2.16. The number of benzene rings is 2. The zero-order valence-corrected chi connectivity index (χ0v) is 14.7. The highest BCUT2D eigenvalue weighted by Gasteiger charge is 2.18. The van der Waals surface area contributed by atoms with Gasteiger partial charge in [0.1, 0.15) is 5.75 Å². The number of rotatable bonds is 7. The van der Waals surface area contributed by atoms with E-state index in [0.29, 0.717) is 17.0 Å². The maximum atomic E-state index is 12.2. The largest absolute Gasteiger partial charge is 0.495 e. The second kappa shape index (κ2) is 9.14. The summed E-state index contributed by atoms with van der Waals surface area (Å²) in [5.74, 6) is -0.782. The number of anilines is 1. The summed E-state index contributed by atoms with van der Waals surface area (Å²) in [6.45, 7) is 1.43. The Bertz CT molecular complexity index is 878. The van der Waals surface area contributed by atoms with Gasteiger partial charge >= 0.3 is 5.97 Å². The standard InChI is InChI=1S/C19H18N2O6/c1-13(19(23)20-16-8-3-4-9-17(16)26-2)27-18(22)11-10-14-6-5-7-15(12-14)21(24)25/h3-13H,1-2H3,(H,20,23)/b11-10+/t13-/m0/s1. The van der Waals surface area contributed by atoms with Crippen LogP contribution in [-0.4, -0.2) is 30.0 Å². The van der Waals surface area contributed by atoms with Gasteiger partial charge in [-0.3, -0.25) is 14.9 Å². The van der Waals surface area contributed by atoms with Crippen molar-refractivity contribution in [3.8, 4) is 5.75 Å². The van der Waals surface area contributed by atoms with Crippen LogP contribution < -0.4 is 10.1 Å². The van der Waals surface area contributed by atoms with Crippen molar-refractivity contribution >= 4 is 29.3 Å². The predicted molar refractivity (Wildman–Crippen MR) is 99.3 cm³/mol. The smallest absolute Gasteiger partial charge is 0.331 e. The van der Waals surface area contributed by atoms with Crippen molar-refractivity contribution in [2.75, 3.05) is 12.4 Å². The van der Waals surface area contributed by atoms with Gasteiger partial charge < -0.3 is 14.8 Å². The number of nitrogens with zero attached hydrogens (tertiary/aromatic N) is 1. The van der Waals surface area contributed by atoms with Crippen molar-refractivity contribution in [3.05, 3.63) is 70.3 Å². The molecule has 0 fully saturated rings. The lowest BCUT2D eigenvalue weighted by molar-refractivity contribution is -0.384. The number of hydrogen-bond donors (Lipinski definition) is 1. The molecule has 0 unspecified atom stereocenters.